The Bertz CT molecular complexity index is 302. The summed E-state index contributed by atoms with van der Waals surface area (Å²) in [5.74, 6) is 0. The number of hydrogen-bond donors (Lipinski definition) is 0. The molecule has 0 aromatic carbocycles. The zero-order valence-corrected chi connectivity index (χ0v) is 8.59. The molecule has 0 spiro atoms. The van der Waals surface area contributed by atoms with E-state index in [0.29, 0.717) is 0 Å². The van der Waals surface area contributed by atoms with Gasteiger partial charge >= 0.3 is 0 Å². The number of thiazole rings is 1. The lowest BCUT2D eigenvalue weighted by Gasteiger charge is -1.98. The fourth-order valence-corrected chi connectivity index (χ4v) is 1.93. The number of rotatable bonds is 2. The highest BCUT2D eigenvalue weighted by molar-refractivity contribution is 7.12. The maximum absolute atomic E-state index is 4.39. The second-order valence-corrected chi connectivity index (χ2v) is 4.17. The molecule has 64 valence electrons. The molecule has 0 radical (unpaired) electrons. The number of aromatic nitrogens is 1. The maximum Gasteiger partial charge on any atom is 0.0907 e. The van der Waals surface area contributed by atoms with Gasteiger partial charge in [-0.05, 0) is 31.9 Å². The zero-order valence-electron chi connectivity index (χ0n) is 7.77. The minimum absolute atomic E-state index is 1.00. The predicted molar refractivity (Wildman–Crippen MR) is 56.3 cm³/mol. The van der Waals surface area contributed by atoms with E-state index < -0.39 is 0 Å². The third-order valence-electron chi connectivity index (χ3n) is 1.53. The first-order valence-electron chi connectivity index (χ1n) is 3.81. The molecule has 0 aliphatic heterocycles. The van der Waals surface area contributed by atoms with Gasteiger partial charge in [0.15, 0.2) is 0 Å². The van der Waals surface area contributed by atoms with Gasteiger partial charge in [0, 0.05) is 0 Å². The van der Waals surface area contributed by atoms with E-state index in [4.69, 9.17) is 0 Å². The first kappa shape index (κ1) is 9.20. The largest absolute Gasteiger partial charge is 0.241 e. The second kappa shape index (κ2) is 3.23. The Labute approximate surface area is 77.5 Å². The van der Waals surface area contributed by atoms with E-state index in [1.54, 1.807) is 11.3 Å². The summed E-state index contributed by atoms with van der Waals surface area (Å²) in [5.41, 5.74) is 3.08. The molecule has 0 saturated heterocycles. The van der Waals surface area contributed by atoms with Crippen LogP contribution in [0.25, 0.3) is 11.1 Å². The standard InChI is InChI=1S/C10H13NS/c1-6(2)9-10(7(3)4)12-8(5)11-9/h1,3H2,2,4-5H3. The summed E-state index contributed by atoms with van der Waals surface area (Å²) in [4.78, 5) is 5.56. The van der Waals surface area contributed by atoms with Gasteiger partial charge in [0.1, 0.15) is 0 Å². The van der Waals surface area contributed by atoms with Crippen molar-refractivity contribution >= 4 is 22.5 Å². The molecule has 0 bridgehead atoms. The van der Waals surface area contributed by atoms with Crippen LogP contribution >= 0.6 is 11.3 Å². The van der Waals surface area contributed by atoms with Gasteiger partial charge in [-0.1, -0.05) is 13.2 Å². The Balaban J connectivity index is 3.26. The van der Waals surface area contributed by atoms with Crippen LogP contribution in [0.1, 0.15) is 29.4 Å². The first-order valence-corrected chi connectivity index (χ1v) is 4.63. The van der Waals surface area contributed by atoms with E-state index in [1.165, 1.54) is 4.88 Å². The molecule has 1 aromatic rings. The van der Waals surface area contributed by atoms with E-state index in [0.717, 1.165) is 21.8 Å². The first-order chi connectivity index (χ1) is 5.52. The number of nitrogens with zero attached hydrogens (tertiary/aromatic N) is 1. The average molecular weight is 179 g/mol. The van der Waals surface area contributed by atoms with Crippen molar-refractivity contribution < 1.29 is 0 Å². The highest BCUT2D eigenvalue weighted by Gasteiger charge is 2.09. The van der Waals surface area contributed by atoms with Gasteiger partial charge in [0.2, 0.25) is 0 Å². The summed E-state index contributed by atoms with van der Waals surface area (Å²) in [6, 6.07) is 0. The Morgan fingerprint density at radius 3 is 2.17 bits per heavy atom. The van der Waals surface area contributed by atoms with E-state index >= 15 is 0 Å². The maximum atomic E-state index is 4.39. The molecule has 0 saturated carbocycles. The molecule has 0 aliphatic carbocycles. The second-order valence-electron chi connectivity index (χ2n) is 2.97. The van der Waals surface area contributed by atoms with Crippen molar-refractivity contribution in [2.24, 2.45) is 0 Å². The van der Waals surface area contributed by atoms with E-state index in [1.807, 2.05) is 20.8 Å². The quantitative estimate of drug-likeness (QED) is 0.677. The molecule has 0 aliphatic rings. The Kier molecular flexibility index (Phi) is 2.48. The van der Waals surface area contributed by atoms with Crippen LogP contribution in [-0.4, -0.2) is 4.98 Å². The number of hydrogen-bond acceptors (Lipinski definition) is 2. The van der Waals surface area contributed by atoms with Crippen molar-refractivity contribution in [3.8, 4) is 0 Å². The molecule has 0 fully saturated rings. The van der Waals surface area contributed by atoms with Crippen molar-refractivity contribution in [3.63, 3.8) is 0 Å². The molecule has 0 unspecified atom stereocenters. The topological polar surface area (TPSA) is 12.9 Å². The fraction of sp³-hybridized carbons (Fsp3) is 0.300. The van der Waals surface area contributed by atoms with Gasteiger partial charge in [-0.3, -0.25) is 0 Å². The molecule has 0 atom stereocenters. The van der Waals surface area contributed by atoms with Crippen LogP contribution in [0, 0.1) is 6.92 Å². The molecule has 2 heteroatoms. The van der Waals surface area contributed by atoms with E-state index in [9.17, 15) is 0 Å². The van der Waals surface area contributed by atoms with Gasteiger partial charge in [-0.2, -0.15) is 0 Å². The third kappa shape index (κ3) is 1.64. The van der Waals surface area contributed by atoms with Crippen molar-refractivity contribution in [1.29, 1.82) is 0 Å². The minimum atomic E-state index is 1.00. The van der Waals surface area contributed by atoms with Crippen LogP contribution in [-0.2, 0) is 0 Å². The van der Waals surface area contributed by atoms with Crippen LogP contribution in [0.4, 0.5) is 0 Å². The molecular weight excluding hydrogens is 166 g/mol. The number of allylic oxidation sites excluding steroid dienone is 2. The van der Waals surface area contributed by atoms with Crippen molar-refractivity contribution in [2.45, 2.75) is 20.8 Å². The van der Waals surface area contributed by atoms with Crippen LogP contribution in [0.2, 0.25) is 0 Å². The third-order valence-corrected chi connectivity index (χ3v) is 2.66. The minimum Gasteiger partial charge on any atom is -0.241 e. The summed E-state index contributed by atoms with van der Waals surface area (Å²) in [6.07, 6.45) is 0. The number of aryl methyl sites for hydroxylation is 1. The molecule has 1 rings (SSSR count). The van der Waals surface area contributed by atoms with Crippen LogP contribution in [0.15, 0.2) is 13.2 Å². The highest BCUT2D eigenvalue weighted by atomic mass is 32.1. The van der Waals surface area contributed by atoms with Gasteiger partial charge in [-0.25, -0.2) is 4.98 Å². The Morgan fingerprint density at radius 1 is 1.25 bits per heavy atom. The van der Waals surface area contributed by atoms with Crippen LogP contribution in [0.5, 0.6) is 0 Å². The van der Waals surface area contributed by atoms with Crippen molar-refractivity contribution in [1.82, 2.24) is 4.98 Å². The van der Waals surface area contributed by atoms with Gasteiger partial charge in [0.25, 0.3) is 0 Å². The lowest BCUT2D eigenvalue weighted by atomic mass is 10.1. The average Bonchev–Trinajstić information content (AvgIpc) is 2.31. The lowest BCUT2D eigenvalue weighted by molar-refractivity contribution is 1.25. The molecule has 1 nitrogen and oxygen atoms in total. The lowest BCUT2D eigenvalue weighted by Crippen LogP contribution is -1.83. The smallest absolute Gasteiger partial charge is 0.0907 e. The summed E-state index contributed by atoms with van der Waals surface area (Å²) in [6.45, 7) is 13.8. The van der Waals surface area contributed by atoms with Crippen LogP contribution < -0.4 is 0 Å². The van der Waals surface area contributed by atoms with Gasteiger partial charge < -0.3 is 0 Å². The van der Waals surface area contributed by atoms with Crippen LogP contribution in [0.3, 0.4) is 0 Å². The SMILES string of the molecule is C=C(C)c1nc(C)sc1C(=C)C. The highest BCUT2D eigenvalue weighted by Crippen LogP contribution is 2.28. The van der Waals surface area contributed by atoms with E-state index in [2.05, 4.69) is 18.1 Å². The van der Waals surface area contributed by atoms with Crippen molar-refractivity contribution in [2.75, 3.05) is 0 Å². The van der Waals surface area contributed by atoms with Gasteiger partial charge in [-0.15, -0.1) is 11.3 Å². The van der Waals surface area contributed by atoms with E-state index in [-0.39, 0.29) is 0 Å². The molecule has 1 heterocycles. The fourth-order valence-electron chi connectivity index (χ4n) is 1.01. The van der Waals surface area contributed by atoms with Gasteiger partial charge in [0.05, 0.1) is 15.6 Å². The molecule has 12 heavy (non-hydrogen) atoms. The molecule has 0 N–H and O–H groups in total. The Morgan fingerprint density at radius 2 is 1.83 bits per heavy atom. The summed E-state index contributed by atoms with van der Waals surface area (Å²) in [5, 5.41) is 1.08. The predicted octanol–water partition coefficient (Wildman–Crippen LogP) is 3.52. The van der Waals surface area contributed by atoms with Crippen molar-refractivity contribution in [3.05, 3.63) is 28.7 Å². The summed E-state index contributed by atoms with van der Waals surface area (Å²) in [7, 11) is 0. The molecule has 0 amide bonds. The zero-order chi connectivity index (χ0) is 9.30. The summed E-state index contributed by atoms with van der Waals surface area (Å²) < 4.78 is 0. The molecular formula is C10H13NS. The Hall–Kier alpha value is -0.890. The molecule has 1 aromatic heterocycles. The monoisotopic (exact) mass is 179 g/mol. The summed E-state index contributed by atoms with van der Waals surface area (Å²) >= 11 is 1.68. The normalized spacial score (nSPS) is 9.92.